The smallest absolute Gasteiger partial charge is 0.272 e. The molecule has 1 heterocycles. The van der Waals surface area contributed by atoms with Crippen molar-refractivity contribution in [2.45, 2.75) is 79.2 Å². The highest BCUT2D eigenvalue weighted by Gasteiger charge is 2.23. The molecule has 0 fully saturated rings. The monoisotopic (exact) mass is 371 g/mol. The molecule has 5 heteroatoms. The summed E-state index contributed by atoms with van der Waals surface area (Å²) in [5.41, 5.74) is 3.52. The third-order valence-electron chi connectivity index (χ3n) is 4.33. The van der Waals surface area contributed by atoms with E-state index in [-0.39, 0.29) is 17.6 Å². The number of nitrogens with zero attached hydrogens (tertiary/aromatic N) is 2. The van der Waals surface area contributed by atoms with Crippen LogP contribution >= 0.6 is 0 Å². The van der Waals surface area contributed by atoms with Gasteiger partial charge in [-0.3, -0.25) is 9.48 Å². The van der Waals surface area contributed by atoms with Crippen molar-refractivity contribution >= 4 is 5.91 Å². The summed E-state index contributed by atoms with van der Waals surface area (Å²) in [7, 11) is 0. The second kappa shape index (κ2) is 8.70. The number of carbonyl (C=O) groups excluding carboxylic acids is 1. The lowest BCUT2D eigenvalue weighted by Crippen LogP contribution is -2.27. The molecular formula is C22H33N3O2. The highest BCUT2D eigenvalue weighted by Crippen LogP contribution is 2.23. The minimum Gasteiger partial charge on any atom is -0.374 e. The van der Waals surface area contributed by atoms with Crippen molar-refractivity contribution in [2.24, 2.45) is 0 Å². The van der Waals surface area contributed by atoms with Crippen LogP contribution in [0.15, 0.2) is 30.3 Å². The summed E-state index contributed by atoms with van der Waals surface area (Å²) in [6.07, 6.45) is 0.170. The molecule has 0 spiro atoms. The number of hydrogen-bond donors (Lipinski definition) is 1. The predicted molar refractivity (Wildman–Crippen MR) is 109 cm³/mol. The van der Waals surface area contributed by atoms with Crippen molar-refractivity contribution in [3.63, 3.8) is 0 Å². The van der Waals surface area contributed by atoms with Gasteiger partial charge in [0.05, 0.1) is 18.2 Å². The zero-order chi connectivity index (χ0) is 20.2. The molecule has 2 rings (SSSR count). The molecule has 27 heavy (non-hydrogen) atoms. The van der Waals surface area contributed by atoms with E-state index in [4.69, 9.17) is 4.74 Å². The Labute approximate surface area is 163 Å². The van der Waals surface area contributed by atoms with Crippen molar-refractivity contribution in [2.75, 3.05) is 0 Å². The van der Waals surface area contributed by atoms with Crippen LogP contribution in [0.1, 0.15) is 81.7 Å². The Bertz CT molecular complexity index is 770. The quantitative estimate of drug-likeness (QED) is 0.773. The van der Waals surface area contributed by atoms with Gasteiger partial charge in [0.2, 0.25) is 0 Å². The number of amides is 1. The van der Waals surface area contributed by atoms with E-state index < -0.39 is 0 Å². The van der Waals surface area contributed by atoms with Crippen molar-refractivity contribution in [1.29, 1.82) is 0 Å². The lowest BCUT2D eigenvalue weighted by molar-refractivity contribution is 0.0651. The van der Waals surface area contributed by atoms with E-state index in [1.54, 1.807) is 0 Å². The van der Waals surface area contributed by atoms with Gasteiger partial charge in [-0.05, 0) is 57.7 Å². The van der Waals surface area contributed by atoms with Gasteiger partial charge in [-0.25, -0.2) is 0 Å². The number of hydrogen-bond acceptors (Lipinski definition) is 3. The van der Waals surface area contributed by atoms with Crippen LogP contribution in [-0.4, -0.2) is 21.8 Å². The van der Waals surface area contributed by atoms with Crippen LogP contribution in [0.5, 0.6) is 0 Å². The molecule has 0 radical (unpaired) electrons. The normalized spacial score (nSPS) is 12.0. The molecule has 5 nitrogen and oxygen atoms in total. The average Bonchev–Trinajstić information content (AvgIpc) is 3.04. The number of nitrogens with one attached hydrogen (secondary N) is 1. The Morgan fingerprint density at radius 1 is 1.15 bits per heavy atom. The van der Waals surface area contributed by atoms with E-state index in [0.29, 0.717) is 24.8 Å². The molecule has 0 saturated carbocycles. The van der Waals surface area contributed by atoms with E-state index in [2.05, 4.69) is 45.0 Å². The summed E-state index contributed by atoms with van der Waals surface area (Å²) >= 11 is 0. The molecule has 1 amide bonds. The van der Waals surface area contributed by atoms with Crippen molar-refractivity contribution < 1.29 is 9.53 Å². The fraction of sp³-hybridized carbons (Fsp3) is 0.545. The van der Waals surface area contributed by atoms with Gasteiger partial charge in [-0.15, -0.1) is 0 Å². The van der Waals surface area contributed by atoms with Crippen LogP contribution in [0.2, 0.25) is 0 Å². The maximum Gasteiger partial charge on any atom is 0.272 e. The van der Waals surface area contributed by atoms with Crippen LogP contribution in [-0.2, 0) is 23.4 Å². The molecule has 0 bridgehead atoms. The predicted octanol–water partition coefficient (Wildman–Crippen LogP) is 4.62. The van der Waals surface area contributed by atoms with E-state index in [1.807, 2.05) is 48.9 Å². The largest absolute Gasteiger partial charge is 0.374 e. The highest BCUT2D eigenvalue weighted by molar-refractivity contribution is 5.92. The summed E-state index contributed by atoms with van der Waals surface area (Å²) in [4.78, 5) is 12.7. The van der Waals surface area contributed by atoms with Gasteiger partial charge >= 0.3 is 0 Å². The molecule has 0 atom stereocenters. The summed E-state index contributed by atoms with van der Waals surface area (Å²) < 4.78 is 7.67. The molecular weight excluding hydrogens is 338 g/mol. The standard InChI is InChI=1S/C22H33N3O2/c1-15(2)20-12-19(24-25(20)22(5,6)7)21(26)23-13-17-10-8-9-11-18(17)14-27-16(3)4/h8-12,15-16H,13-14H2,1-7H3,(H,23,26). The maximum absolute atomic E-state index is 12.7. The molecule has 0 aliphatic heterocycles. The molecule has 0 saturated heterocycles. The van der Waals surface area contributed by atoms with Gasteiger partial charge in [0.25, 0.3) is 5.91 Å². The van der Waals surface area contributed by atoms with Gasteiger partial charge in [-0.2, -0.15) is 5.10 Å². The first-order valence-electron chi connectivity index (χ1n) is 9.66. The molecule has 0 aliphatic rings. The number of ether oxygens (including phenoxy) is 1. The molecule has 1 aromatic carbocycles. The first-order chi connectivity index (χ1) is 12.6. The van der Waals surface area contributed by atoms with Gasteiger partial charge in [-0.1, -0.05) is 38.1 Å². The van der Waals surface area contributed by atoms with Crippen LogP contribution < -0.4 is 5.32 Å². The minimum absolute atomic E-state index is 0.153. The fourth-order valence-electron chi connectivity index (χ4n) is 2.85. The molecule has 0 unspecified atom stereocenters. The molecule has 148 valence electrons. The Morgan fingerprint density at radius 2 is 1.78 bits per heavy atom. The second-order valence-electron chi connectivity index (χ2n) is 8.50. The third-order valence-corrected chi connectivity index (χ3v) is 4.33. The summed E-state index contributed by atoms with van der Waals surface area (Å²) in [5, 5.41) is 7.58. The molecule has 1 N–H and O–H groups in total. The Balaban J connectivity index is 2.13. The Morgan fingerprint density at radius 3 is 2.30 bits per heavy atom. The summed E-state index contributed by atoms with van der Waals surface area (Å²) in [5.74, 6) is 0.145. The first-order valence-corrected chi connectivity index (χ1v) is 9.66. The van der Waals surface area contributed by atoms with Gasteiger partial charge in [0, 0.05) is 12.2 Å². The fourth-order valence-corrected chi connectivity index (χ4v) is 2.85. The van der Waals surface area contributed by atoms with Crippen molar-refractivity contribution in [1.82, 2.24) is 15.1 Å². The topological polar surface area (TPSA) is 56.1 Å². The number of rotatable bonds is 7. The van der Waals surface area contributed by atoms with E-state index >= 15 is 0 Å². The maximum atomic E-state index is 12.7. The van der Waals surface area contributed by atoms with Crippen molar-refractivity contribution in [3.8, 4) is 0 Å². The first kappa shape index (κ1) is 21.2. The van der Waals surface area contributed by atoms with Crippen LogP contribution in [0.25, 0.3) is 0 Å². The molecule has 0 aliphatic carbocycles. The number of aromatic nitrogens is 2. The van der Waals surface area contributed by atoms with Crippen LogP contribution in [0.3, 0.4) is 0 Å². The van der Waals surface area contributed by atoms with E-state index in [1.165, 1.54) is 0 Å². The zero-order valence-electron chi connectivity index (χ0n) is 17.7. The minimum atomic E-state index is -0.168. The number of carbonyl (C=O) groups is 1. The lowest BCUT2D eigenvalue weighted by atomic mass is 10.1. The molecule has 1 aromatic heterocycles. The Hall–Kier alpha value is -2.14. The van der Waals surface area contributed by atoms with Crippen molar-refractivity contribution in [3.05, 3.63) is 52.8 Å². The third kappa shape index (κ3) is 5.67. The lowest BCUT2D eigenvalue weighted by Gasteiger charge is -2.23. The zero-order valence-corrected chi connectivity index (χ0v) is 17.7. The SMILES string of the molecule is CC(C)OCc1ccccc1CNC(=O)c1cc(C(C)C)n(C(C)(C)C)n1. The summed E-state index contributed by atoms with van der Waals surface area (Å²) in [6, 6.07) is 9.93. The van der Waals surface area contributed by atoms with E-state index in [0.717, 1.165) is 16.8 Å². The number of benzene rings is 1. The summed E-state index contributed by atoms with van der Waals surface area (Å²) in [6.45, 7) is 15.5. The highest BCUT2D eigenvalue weighted by atomic mass is 16.5. The van der Waals surface area contributed by atoms with E-state index in [9.17, 15) is 4.79 Å². The molecule has 2 aromatic rings. The van der Waals surface area contributed by atoms with Gasteiger partial charge in [0.15, 0.2) is 0 Å². The van der Waals surface area contributed by atoms with Gasteiger partial charge in [0.1, 0.15) is 5.69 Å². The average molecular weight is 372 g/mol. The second-order valence-corrected chi connectivity index (χ2v) is 8.50. The van der Waals surface area contributed by atoms with Crippen LogP contribution in [0, 0.1) is 0 Å². The van der Waals surface area contributed by atoms with Crippen LogP contribution in [0.4, 0.5) is 0 Å². The van der Waals surface area contributed by atoms with Gasteiger partial charge < -0.3 is 10.1 Å². The Kier molecular flexibility index (Phi) is 6.82.